The minimum absolute atomic E-state index is 0.462. The van der Waals surface area contributed by atoms with E-state index >= 15 is 0 Å². The van der Waals surface area contributed by atoms with Crippen LogP contribution in [0.4, 0.5) is 11.9 Å². The molecule has 5 heteroatoms. The first-order valence-electron chi connectivity index (χ1n) is 3.72. The third-order valence-corrected chi connectivity index (χ3v) is 1.33. The summed E-state index contributed by atoms with van der Waals surface area (Å²) in [5, 5.41) is 7.07. The molecule has 0 aliphatic carbocycles. The average molecular weight is 155 g/mol. The van der Waals surface area contributed by atoms with E-state index in [9.17, 15) is 0 Å². The Morgan fingerprint density at radius 1 is 1.55 bits per heavy atom. The van der Waals surface area contributed by atoms with Crippen molar-refractivity contribution in [2.45, 2.75) is 20.4 Å². The molecule has 5 nitrogen and oxygen atoms in total. The van der Waals surface area contributed by atoms with Crippen LogP contribution in [0.5, 0.6) is 0 Å². The number of aromatic nitrogens is 3. The molecule has 3 N–H and O–H groups in total. The van der Waals surface area contributed by atoms with E-state index in [0.717, 1.165) is 13.1 Å². The predicted molar refractivity (Wildman–Crippen MR) is 44.3 cm³/mol. The molecule has 0 unspecified atom stereocenters. The van der Waals surface area contributed by atoms with E-state index in [1.54, 1.807) is 4.68 Å². The number of anilines is 2. The molecule has 0 spiro atoms. The van der Waals surface area contributed by atoms with Gasteiger partial charge in [0.25, 0.3) is 0 Å². The zero-order chi connectivity index (χ0) is 8.27. The fourth-order valence-electron chi connectivity index (χ4n) is 0.820. The summed E-state index contributed by atoms with van der Waals surface area (Å²) in [6.45, 7) is 5.53. The number of nitrogen functional groups attached to an aromatic ring is 1. The Hall–Kier alpha value is -1.26. The van der Waals surface area contributed by atoms with Crippen molar-refractivity contribution >= 4 is 11.9 Å². The lowest BCUT2D eigenvalue weighted by atomic mass is 10.7. The smallest absolute Gasteiger partial charge is 0.243 e. The Kier molecular flexibility index (Phi) is 2.30. The van der Waals surface area contributed by atoms with E-state index in [1.165, 1.54) is 0 Å². The van der Waals surface area contributed by atoms with Crippen molar-refractivity contribution in [2.24, 2.45) is 0 Å². The van der Waals surface area contributed by atoms with Crippen LogP contribution >= 0.6 is 0 Å². The van der Waals surface area contributed by atoms with Crippen LogP contribution in [0.25, 0.3) is 0 Å². The Labute approximate surface area is 65.6 Å². The summed E-state index contributed by atoms with van der Waals surface area (Å²) in [6, 6.07) is 0. The number of nitrogens with two attached hydrogens (primary N) is 1. The zero-order valence-electron chi connectivity index (χ0n) is 6.83. The third kappa shape index (κ3) is 1.60. The van der Waals surface area contributed by atoms with Crippen molar-refractivity contribution in [1.82, 2.24) is 14.8 Å². The molecule has 0 atom stereocenters. The molecule has 0 aliphatic rings. The van der Waals surface area contributed by atoms with Gasteiger partial charge in [0.15, 0.2) is 0 Å². The van der Waals surface area contributed by atoms with Gasteiger partial charge in [0.05, 0.1) is 0 Å². The van der Waals surface area contributed by atoms with Gasteiger partial charge >= 0.3 is 0 Å². The molecule has 1 heterocycles. The Morgan fingerprint density at radius 3 is 2.73 bits per heavy atom. The van der Waals surface area contributed by atoms with Crippen molar-refractivity contribution in [2.75, 3.05) is 17.6 Å². The summed E-state index contributed by atoms with van der Waals surface area (Å²) in [7, 11) is 0. The van der Waals surface area contributed by atoms with Gasteiger partial charge in [-0.3, -0.25) is 0 Å². The maximum atomic E-state index is 5.53. The van der Waals surface area contributed by atoms with Gasteiger partial charge in [-0.2, -0.15) is 4.98 Å². The van der Waals surface area contributed by atoms with Crippen molar-refractivity contribution in [3.8, 4) is 0 Å². The normalized spacial score (nSPS) is 10.0. The van der Waals surface area contributed by atoms with E-state index in [2.05, 4.69) is 15.4 Å². The Balaban J connectivity index is 2.77. The molecule has 1 aromatic rings. The molecule has 0 amide bonds. The lowest BCUT2D eigenvalue weighted by Crippen LogP contribution is -2.02. The first kappa shape index (κ1) is 7.84. The monoisotopic (exact) mass is 155 g/mol. The molecule has 0 radical (unpaired) electrons. The molecule has 0 saturated heterocycles. The predicted octanol–water partition coefficient (Wildman–Crippen LogP) is 0.312. The minimum atomic E-state index is 0.462. The molecule has 0 bridgehead atoms. The lowest BCUT2D eigenvalue weighted by Gasteiger charge is -1.93. The molecule has 0 aliphatic heterocycles. The second-order valence-electron chi connectivity index (χ2n) is 2.14. The highest BCUT2D eigenvalue weighted by atomic mass is 15.4. The van der Waals surface area contributed by atoms with Crippen molar-refractivity contribution in [3.63, 3.8) is 0 Å². The number of hydrogen-bond donors (Lipinski definition) is 2. The summed E-state index contributed by atoms with van der Waals surface area (Å²) >= 11 is 0. The van der Waals surface area contributed by atoms with Gasteiger partial charge in [0.1, 0.15) is 0 Å². The molecule has 0 fully saturated rings. The Morgan fingerprint density at radius 2 is 2.27 bits per heavy atom. The van der Waals surface area contributed by atoms with Crippen molar-refractivity contribution in [3.05, 3.63) is 0 Å². The SMILES string of the molecule is CCNc1nc(N)n(CC)n1. The highest BCUT2D eigenvalue weighted by Crippen LogP contribution is 2.03. The summed E-state index contributed by atoms with van der Waals surface area (Å²) in [6.07, 6.45) is 0. The Bertz CT molecular complexity index is 229. The maximum Gasteiger partial charge on any atom is 0.243 e. The number of nitrogens with one attached hydrogen (secondary N) is 1. The molecule has 1 rings (SSSR count). The van der Waals surface area contributed by atoms with Crippen LogP contribution in [0.15, 0.2) is 0 Å². The van der Waals surface area contributed by atoms with Gasteiger partial charge in [-0.05, 0) is 13.8 Å². The molecule has 1 aromatic heterocycles. The number of nitrogens with zero attached hydrogens (tertiary/aromatic N) is 3. The van der Waals surface area contributed by atoms with Gasteiger partial charge in [-0.15, -0.1) is 5.10 Å². The number of rotatable bonds is 3. The van der Waals surface area contributed by atoms with Gasteiger partial charge in [0.2, 0.25) is 11.9 Å². The van der Waals surface area contributed by atoms with Crippen LogP contribution < -0.4 is 11.1 Å². The fourth-order valence-corrected chi connectivity index (χ4v) is 0.820. The number of aryl methyl sites for hydroxylation is 1. The first-order chi connectivity index (χ1) is 5.27. The standard InChI is InChI=1S/C6H13N5/c1-3-8-6-9-5(7)11(4-2)10-6/h3-4H2,1-2H3,(H3,7,8,9,10). The highest BCUT2D eigenvalue weighted by Gasteiger charge is 2.02. The van der Waals surface area contributed by atoms with E-state index in [-0.39, 0.29) is 0 Å². The molecule has 0 saturated carbocycles. The van der Waals surface area contributed by atoms with Gasteiger partial charge in [-0.25, -0.2) is 4.68 Å². The van der Waals surface area contributed by atoms with Crippen molar-refractivity contribution in [1.29, 1.82) is 0 Å². The summed E-state index contributed by atoms with van der Waals surface area (Å²) in [5.41, 5.74) is 5.53. The van der Waals surface area contributed by atoms with Crippen LogP contribution in [-0.2, 0) is 6.54 Å². The van der Waals surface area contributed by atoms with E-state index in [1.807, 2.05) is 13.8 Å². The number of hydrogen-bond acceptors (Lipinski definition) is 4. The second-order valence-corrected chi connectivity index (χ2v) is 2.14. The van der Waals surface area contributed by atoms with Crippen LogP contribution in [0.2, 0.25) is 0 Å². The largest absolute Gasteiger partial charge is 0.368 e. The van der Waals surface area contributed by atoms with Crippen LogP contribution in [0, 0.1) is 0 Å². The average Bonchev–Trinajstić information content (AvgIpc) is 2.32. The van der Waals surface area contributed by atoms with Crippen molar-refractivity contribution < 1.29 is 0 Å². The van der Waals surface area contributed by atoms with E-state index in [0.29, 0.717) is 11.9 Å². The zero-order valence-corrected chi connectivity index (χ0v) is 6.83. The highest BCUT2D eigenvalue weighted by molar-refractivity contribution is 5.30. The van der Waals surface area contributed by atoms with Gasteiger partial charge in [-0.1, -0.05) is 0 Å². The third-order valence-electron chi connectivity index (χ3n) is 1.33. The molecule has 62 valence electrons. The molecular formula is C6H13N5. The molecule has 11 heavy (non-hydrogen) atoms. The van der Waals surface area contributed by atoms with E-state index < -0.39 is 0 Å². The fraction of sp³-hybridized carbons (Fsp3) is 0.667. The molecule has 0 aromatic carbocycles. The van der Waals surface area contributed by atoms with Crippen LogP contribution in [0.3, 0.4) is 0 Å². The summed E-state index contributed by atoms with van der Waals surface area (Å²) in [4.78, 5) is 3.99. The summed E-state index contributed by atoms with van der Waals surface area (Å²) in [5.74, 6) is 1.07. The topological polar surface area (TPSA) is 68.8 Å². The first-order valence-corrected chi connectivity index (χ1v) is 3.72. The minimum Gasteiger partial charge on any atom is -0.368 e. The van der Waals surface area contributed by atoms with E-state index in [4.69, 9.17) is 5.73 Å². The maximum absolute atomic E-state index is 5.53. The summed E-state index contributed by atoms with van der Waals surface area (Å²) < 4.78 is 1.65. The lowest BCUT2D eigenvalue weighted by molar-refractivity contribution is 0.670. The van der Waals surface area contributed by atoms with Crippen LogP contribution in [0.1, 0.15) is 13.8 Å². The molecular weight excluding hydrogens is 142 g/mol. The second kappa shape index (κ2) is 3.23. The quantitative estimate of drug-likeness (QED) is 0.659. The van der Waals surface area contributed by atoms with Gasteiger partial charge < -0.3 is 11.1 Å². The van der Waals surface area contributed by atoms with Crippen LogP contribution in [-0.4, -0.2) is 21.3 Å². The van der Waals surface area contributed by atoms with Gasteiger partial charge in [0, 0.05) is 13.1 Å².